The minimum atomic E-state index is -0.435. The zero-order valence-corrected chi connectivity index (χ0v) is 27.9. The van der Waals surface area contributed by atoms with Gasteiger partial charge in [-0.15, -0.1) is 0 Å². The Labute approximate surface area is 262 Å². The highest BCUT2D eigenvalue weighted by molar-refractivity contribution is 5.69. The molecule has 0 aliphatic heterocycles. The van der Waals surface area contributed by atoms with E-state index in [1.807, 2.05) is 0 Å². The molecule has 2 unspecified atom stereocenters. The third-order valence-corrected chi connectivity index (χ3v) is 6.46. The highest BCUT2D eigenvalue weighted by atomic mass is 16.7. The lowest BCUT2D eigenvalue weighted by Crippen LogP contribution is -2.26. The van der Waals surface area contributed by atoms with Crippen molar-refractivity contribution in [2.75, 3.05) is 66.1 Å². The monoisotopic (exact) mass is 620 g/mol. The average Bonchev–Trinajstić information content (AvgIpc) is 3.00. The summed E-state index contributed by atoms with van der Waals surface area (Å²) in [6, 6.07) is 0. The smallest absolute Gasteiger partial charge is 0.305 e. The van der Waals surface area contributed by atoms with Crippen LogP contribution in [0.5, 0.6) is 0 Å². The Bertz CT molecular complexity index is 554. The zero-order valence-electron chi connectivity index (χ0n) is 27.9. The van der Waals surface area contributed by atoms with Crippen LogP contribution >= 0.6 is 0 Å². The van der Waals surface area contributed by atoms with Crippen molar-refractivity contribution in [3.8, 4) is 0 Å². The van der Waals surface area contributed by atoms with Crippen LogP contribution in [0.15, 0.2) is 0 Å². The van der Waals surface area contributed by atoms with Crippen molar-refractivity contribution in [1.29, 1.82) is 0 Å². The molecule has 0 rings (SSSR count). The Hall–Kier alpha value is -1.30. The Balaban J connectivity index is 3.80. The van der Waals surface area contributed by atoms with Gasteiger partial charge in [0.15, 0.2) is 12.6 Å². The first-order chi connectivity index (χ1) is 21.1. The molecule has 0 N–H and O–H groups in total. The number of ether oxygens (including phenoxy) is 8. The van der Waals surface area contributed by atoms with Crippen molar-refractivity contribution in [1.82, 2.24) is 0 Å². The molecule has 2 atom stereocenters. The first-order valence-corrected chi connectivity index (χ1v) is 17.0. The van der Waals surface area contributed by atoms with Crippen molar-refractivity contribution in [3.05, 3.63) is 0 Å². The molecule has 43 heavy (non-hydrogen) atoms. The topological polar surface area (TPSA) is 108 Å². The van der Waals surface area contributed by atoms with Gasteiger partial charge in [-0.3, -0.25) is 9.59 Å². The molecular weight excluding hydrogens is 556 g/mol. The van der Waals surface area contributed by atoms with E-state index >= 15 is 0 Å². The van der Waals surface area contributed by atoms with Gasteiger partial charge in [0, 0.05) is 39.3 Å². The Morgan fingerprint density at radius 1 is 0.419 bits per heavy atom. The van der Waals surface area contributed by atoms with E-state index in [1.165, 1.54) is 0 Å². The van der Waals surface area contributed by atoms with Gasteiger partial charge in [-0.25, -0.2) is 0 Å². The number of rotatable bonds is 34. The molecule has 0 amide bonds. The van der Waals surface area contributed by atoms with Crippen LogP contribution in [0.3, 0.4) is 0 Å². The molecule has 0 aromatic rings. The molecule has 0 radical (unpaired) electrons. The first-order valence-electron chi connectivity index (χ1n) is 17.0. The largest absolute Gasteiger partial charge is 0.463 e. The van der Waals surface area contributed by atoms with Crippen LogP contribution in [0.25, 0.3) is 0 Å². The quantitative estimate of drug-likeness (QED) is 0.0435. The summed E-state index contributed by atoms with van der Waals surface area (Å²) >= 11 is 0. The second-order valence-electron chi connectivity index (χ2n) is 10.6. The molecule has 0 saturated heterocycles. The Morgan fingerprint density at radius 3 is 1.16 bits per heavy atom. The molecule has 0 fully saturated rings. The van der Waals surface area contributed by atoms with Crippen LogP contribution in [0.4, 0.5) is 0 Å². The van der Waals surface area contributed by atoms with Gasteiger partial charge in [0.1, 0.15) is 13.2 Å². The SMILES string of the molecule is CCCCOCC(OCCCC)OCCOC(=O)CCCCCCCC(=O)OCCOC(COCCCC)OCCCC. The van der Waals surface area contributed by atoms with Crippen LogP contribution in [0.2, 0.25) is 0 Å². The number of carbonyl (C=O) groups excluding carboxylic acids is 2. The van der Waals surface area contributed by atoms with E-state index in [0.29, 0.717) is 52.5 Å². The van der Waals surface area contributed by atoms with E-state index in [0.717, 1.165) is 83.5 Å². The van der Waals surface area contributed by atoms with E-state index in [1.54, 1.807) is 0 Å². The number of esters is 2. The standard InChI is InChI=1S/C33H64O10/c1-5-9-20-36-28-32(40-22-11-7-3)42-26-24-38-30(34)18-16-14-13-15-17-19-31(35)39-25-27-43-33(41-23-12-8-4)29-37-21-10-6-2/h32-33H,5-29H2,1-4H3. The number of hydrogen-bond acceptors (Lipinski definition) is 10. The van der Waals surface area contributed by atoms with Gasteiger partial charge >= 0.3 is 11.9 Å². The van der Waals surface area contributed by atoms with Crippen molar-refractivity contribution < 1.29 is 47.5 Å². The summed E-state index contributed by atoms with van der Waals surface area (Å²) < 4.78 is 44.7. The minimum Gasteiger partial charge on any atom is -0.463 e. The zero-order chi connectivity index (χ0) is 31.6. The second-order valence-corrected chi connectivity index (χ2v) is 10.6. The molecule has 0 bridgehead atoms. The summed E-state index contributed by atoms with van der Waals surface area (Å²) in [6.07, 6.45) is 12.4. The molecule has 0 aliphatic rings. The van der Waals surface area contributed by atoms with Gasteiger partial charge in [-0.1, -0.05) is 72.6 Å². The van der Waals surface area contributed by atoms with Gasteiger partial charge < -0.3 is 37.9 Å². The normalized spacial score (nSPS) is 12.7. The summed E-state index contributed by atoms with van der Waals surface area (Å²) in [5, 5.41) is 0. The fourth-order valence-corrected chi connectivity index (χ4v) is 3.74. The maximum Gasteiger partial charge on any atom is 0.305 e. The van der Waals surface area contributed by atoms with E-state index < -0.39 is 12.6 Å². The van der Waals surface area contributed by atoms with Gasteiger partial charge in [0.2, 0.25) is 0 Å². The van der Waals surface area contributed by atoms with Gasteiger partial charge in [-0.2, -0.15) is 0 Å². The molecule has 0 aromatic carbocycles. The van der Waals surface area contributed by atoms with E-state index in [9.17, 15) is 9.59 Å². The highest BCUT2D eigenvalue weighted by Gasteiger charge is 2.12. The Morgan fingerprint density at radius 2 is 0.767 bits per heavy atom. The first kappa shape index (κ1) is 41.7. The minimum absolute atomic E-state index is 0.202. The lowest BCUT2D eigenvalue weighted by atomic mass is 10.1. The highest BCUT2D eigenvalue weighted by Crippen LogP contribution is 2.09. The summed E-state index contributed by atoms with van der Waals surface area (Å²) in [5.74, 6) is -0.440. The summed E-state index contributed by atoms with van der Waals surface area (Å²) in [5.41, 5.74) is 0. The average molecular weight is 621 g/mol. The van der Waals surface area contributed by atoms with E-state index in [4.69, 9.17) is 37.9 Å². The molecule has 10 heteroatoms. The molecule has 10 nitrogen and oxygen atoms in total. The number of hydrogen-bond donors (Lipinski definition) is 0. The maximum atomic E-state index is 12.0. The lowest BCUT2D eigenvalue weighted by molar-refractivity contribution is -0.181. The van der Waals surface area contributed by atoms with Crippen LogP contribution < -0.4 is 0 Å². The molecule has 256 valence electrons. The fourth-order valence-electron chi connectivity index (χ4n) is 3.74. The summed E-state index contributed by atoms with van der Waals surface area (Å²) in [7, 11) is 0. The van der Waals surface area contributed by atoms with Crippen molar-refractivity contribution in [2.45, 2.75) is 137 Å². The molecule has 0 heterocycles. The number of carbonyl (C=O) groups is 2. The molecule has 0 spiro atoms. The molecular formula is C33H64O10. The third-order valence-electron chi connectivity index (χ3n) is 6.46. The molecule has 0 aromatic heterocycles. The van der Waals surface area contributed by atoms with Gasteiger partial charge in [0.25, 0.3) is 0 Å². The van der Waals surface area contributed by atoms with Crippen molar-refractivity contribution in [3.63, 3.8) is 0 Å². The molecule has 0 aliphatic carbocycles. The van der Waals surface area contributed by atoms with E-state index in [2.05, 4.69) is 27.7 Å². The second kappa shape index (κ2) is 33.6. The summed E-state index contributed by atoms with van der Waals surface area (Å²) in [6.45, 7) is 12.8. The maximum absolute atomic E-state index is 12.0. The summed E-state index contributed by atoms with van der Waals surface area (Å²) in [4.78, 5) is 24.0. The van der Waals surface area contributed by atoms with E-state index in [-0.39, 0.29) is 38.4 Å². The van der Waals surface area contributed by atoms with Crippen LogP contribution in [-0.2, 0) is 47.5 Å². The third kappa shape index (κ3) is 30.5. The van der Waals surface area contributed by atoms with Crippen molar-refractivity contribution >= 4 is 11.9 Å². The van der Waals surface area contributed by atoms with Crippen molar-refractivity contribution in [2.24, 2.45) is 0 Å². The van der Waals surface area contributed by atoms with Gasteiger partial charge in [0.05, 0.1) is 26.4 Å². The molecule has 0 saturated carbocycles. The van der Waals surface area contributed by atoms with Crippen LogP contribution in [0.1, 0.15) is 124 Å². The predicted molar refractivity (Wildman–Crippen MR) is 167 cm³/mol. The number of unbranched alkanes of at least 4 members (excludes halogenated alkanes) is 8. The van der Waals surface area contributed by atoms with Crippen LogP contribution in [0, 0.1) is 0 Å². The lowest BCUT2D eigenvalue weighted by Gasteiger charge is -2.18. The van der Waals surface area contributed by atoms with Crippen LogP contribution in [-0.4, -0.2) is 90.6 Å². The Kier molecular flexibility index (Phi) is 32.6. The predicted octanol–water partition coefficient (Wildman–Crippen LogP) is 6.76. The fraction of sp³-hybridized carbons (Fsp3) is 0.939. The van der Waals surface area contributed by atoms with Gasteiger partial charge in [-0.05, 0) is 38.5 Å².